The molecule has 0 saturated heterocycles. The van der Waals surface area contributed by atoms with E-state index in [9.17, 15) is 14.4 Å². The summed E-state index contributed by atoms with van der Waals surface area (Å²) in [6, 6.07) is 15.3. The third-order valence-corrected chi connectivity index (χ3v) is 5.45. The lowest BCUT2D eigenvalue weighted by Gasteiger charge is -2.11. The summed E-state index contributed by atoms with van der Waals surface area (Å²) in [5.74, 6) is -2.74. The number of nitrogens with two attached hydrogens (primary N) is 1. The SMILES string of the molecule is CCc1c(C(=O)C(N)=O)c2cc(SCC(=O)O)ccc2n1Cc1ccccc1. The van der Waals surface area contributed by atoms with E-state index in [-0.39, 0.29) is 5.75 Å². The number of aliphatic carboxylic acids is 1. The molecule has 0 spiro atoms. The molecule has 144 valence electrons. The molecule has 28 heavy (non-hydrogen) atoms. The molecule has 3 aromatic rings. The molecule has 2 aromatic carbocycles. The Kier molecular flexibility index (Phi) is 5.84. The van der Waals surface area contributed by atoms with Gasteiger partial charge in [0.25, 0.3) is 11.7 Å². The van der Waals surface area contributed by atoms with Crippen LogP contribution in [0.1, 0.15) is 28.5 Å². The summed E-state index contributed by atoms with van der Waals surface area (Å²) in [5.41, 5.74) is 8.22. The predicted octanol–water partition coefficient (Wildman–Crippen LogP) is 3.10. The fourth-order valence-electron chi connectivity index (χ4n) is 3.31. The lowest BCUT2D eigenvalue weighted by atomic mass is 10.0. The van der Waals surface area contributed by atoms with Gasteiger partial charge in [0.1, 0.15) is 0 Å². The highest BCUT2D eigenvalue weighted by Crippen LogP contribution is 2.32. The Labute approximate surface area is 166 Å². The van der Waals surface area contributed by atoms with Gasteiger partial charge in [-0.1, -0.05) is 37.3 Å². The number of carboxylic acid groups (broad SMARTS) is 1. The van der Waals surface area contributed by atoms with Gasteiger partial charge >= 0.3 is 5.97 Å². The van der Waals surface area contributed by atoms with Crippen molar-refractivity contribution < 1.29 is 19.5 Å². The zero-order chi connectivity index (χ0) is 20.3. The van der Waals surface area contributed by atoms with Gasteiger partial charge in [-0.3, -0.25) is 14.4 Å². The number of nitrogens with zero attached hydrogens (tertiary/aromatic N) is 1. The van der Waals surface area contributed by atoms with Crippen molar-refractivity contribution in [1.82, 2.24) is 4.57 Å². The Morgan fingerprint density at radius 2 is 1.82 bits per heavy atom. The number of hydrogen-bond acceptors (Lipinski definition) is 4. The van der Waals surface area contributed by atoms with Crippen molar-refractivity contribution in [1.29, 1.82) is 0 Å². The van der Waals surface area contributed by atoms with E-state index in [1.807, 2.05) is 54.0 Å². The number of fused-ring (bicyclic) bond motifs is 1. The van der Waals surface area contributed by atoms with Crippen molar-refractivity contribution in [2.24, 2.45) is 5.73 Å². The monoisotopic (exact) mass is 396 g/mol. The van der Waals surface area contributed by atoms with E-state index in [4.69, 9.17) is 10.8 Å². The summed E-state index contributed by atoms with van der Waals surface area (Å²) in [4.78, 5) is 35.8. The molecule has 0 atom stereocenters. The van der Waals surface area contributed by atoms with Gasteiger partial charge in [0.15, 0.2) is 0 Å². The first-order chi connectivity index (χ1) is 13.4. The molecule has 0 aliphatic carbocycles. The zero-order valence-corrected chi connectivity index (χ0v) is 16.2. The van der Waals surface area contributed by atoms with Gasteiger partial charge < -0.3 is 15.4 Å². The maximum absolute atomic E-state index is 12.6. The van der Waals surface area contributed by atoms with E-state index in [1.54, 1.807) is 6.07 Å². The molecular formula is C21H20N2O4S. The largest absolute Gasteiger partial charge is 0.481 e. The third kappa shape index (κ3) is 3.94. The number of hydrogen-bond donors (Lipinski definition) is 2. The van der Waals surface area contributed by atoms with Crippen LogP contribution in [0.5, 0.6) is 0 Å². The van der Waals surface area contributed by atoms with Crippen LogP contribution in [0.25, 0.3) is 10.9 Å². The first-order valence-electron chi connectivity index (χ1n) is 8.80. The molecule has 6 nitrogen and oxygen atoms in total. The number of amides is 1. The lowest BCUT2D eigenvalue weighted by Crippen LogP contribution is -2.24. The molecule has 1 heterocycles. The van der Waals surface area contributed by atoms with Crippen LogP contribution in [-0.2, 0) is 22.6 Å². The van der Waals surface area contributed by atoms with Gasteiger partial charge in [-0.05, 0) is 30.2 Å². The standard InChI is InChI=1S/C21H20N2O4S/c1-2-16-19(20(26)21(22)27)15-10-14(28-12-18(24)25)8-9-17(15)23(16)11-13-6-4-3-5-7-13/h3-10H,2,11-12H2,1H3,(H2,22,27)(H,24,25). The van der Waals surface area contributed by atoms with Crippen LogP contribution in [0.3, 0.4) is 0 Å². The van der Waals surface area contributed by atoms with Gasteiger partial charge in [0, 0.05) is 28.0 Å². The van der Waals surface area contributed by atoms with Crippen LogP contribution < -0.4 is 5.73 Å². The van der Waals surface area contributed by atoms with Crippen LogP contribution in [0.15, 0.2) is 53.4 Å². The minimum Gasteiger partial charge on any atom is -0.481 e. The number of primary amides is 1. The van der Waals surface area contributed by atoms with E-state index < -0.39 is 17.7 Å². The van der Waals surface area contributed by atoms with Crippen LogP contribution >= 0.6 is 11.8 Å². The molecule has 0 unspecified atom stereocenters. The molecule has 0 bridgehead atoms. The Morgan fingerprint density at radius 1 is 1.11 bits per heavy atom. The Morgan fingerprint density at radius 3 is 2.43 bits per heavy atom. The second kappa shape index (κ2) is 8.31. The van der Waals surface area contributed by atoms with Crippen molar-refractivity contribution in [3.05, 3.63) is 65.4 Å². The summed E-state index contributed by atoms with van der Waals surface area (Å²) in [7, 11) is 0. The summed E-state index contributed by atoms with van der Waals surface area (Å²) in [6.45, 7) is 2.47. The van der Waals surface area contributed by atoms with E-state index in [2.05, 4.69) is 0 Å². The van der Waals surface area contributed by atoms with E-state index in [1.165, 1.54) is 0 Å². The highest BCUT2D eigenvalue weighted by molar-refractivity contribution is 8.00. The van der Waals surface area contributed by atoms with E-state index in [0.29, 0.717) is 28.8 Å². The number of thioether (sulfide) groups is 1. The van der Waals surface area contributed by atoms with E-state index in [0.717, 1.165) is 28.5 Å². The van der Waals surface area contributed by atoms with Gasteiger partial charge in [0.2, 0.25) is 0 Å². The number of carboxylic acids is 1. The van der Waals surface area contributed by atoms with Crippen LogP contribution in [0.2, 0.25) is 0 Å². The number of carbonyl (C=O) groups excluding carboxylic acids is 2. The minimum absolute atomic E-state index is 0.0873. The van der Waals surface area contributed by atoms with Crippen molar-refractivity contribution >= 4 is 40.3 Å². The lowest BCUT2D eigenvalue weighted by molar-refractivity contribution is -0.133. The molecular weight excluding hydrogens is 376 g/mol. The number of rotatable bonds is 8. The fraction of sp³-hybridized carbons (Fsp3) is 0.190. The Bertz CT molecular complexity index is 1060. The van der Waals surface area contributed by atoms with E-state index >= 15 is 0 Å². The first-order valence-corrected chi connectivity index (χ1v) is 9.78. The van der Waals surface area contributed by atoms with Gasteiger partial charge in [-0.25, -0.2) is 0 Å². The zero-order valence-electron chi connectivity index (χ0n) is 15.3. The molecule has 0 saturated carbocycles. The second-order valence-electron chi connectivity index (χ2n) is 6.30. The van der Waals surface area contributed by atoms with Crippen LogP contribution in [-0.4, -0.2) is 33.1 Å². The van der Waals surface area contributed by atoms with Gasteiger partial charge in [-0.15, -0.1) is 11.8 Å². The predicted molar refractivity (Wildman–Crippen MR) is 109 cm³/mol. The first kappa shape index (κ1) is 19.7. The molecule has 3 rings (SSSR count). The highest BCUT2D eigenvalue weighted by atomic mass is 32.2. The number of aromatic nitrogens is 1. The number of ketones is 1. The molecule has 0 aliphatic heterocycles. The number of Topliss-reactive ketones (excluding diaryl/α,β-unsaturated/α-hetero) is 1. The van der Waals surface area contributed by atoms with Gasteiger partial charge in [0.05, 0.1) is 11.3 Å². The van der Waals surface area contributed by atoms with Crippen molar-refractivity contribution in [3.63, 3.8) is 0 Å². The molecule has 7 heteroatoms. The quantitative estimate of drug-likeness (QED) is 0.346. The topological polar surface area (TPSA) is 102 Å². The maximum Gasteiger partial charge on any atom is 0.313 e. The van der Waals surface area contributed by atoms with Crippen molar-refractivity contribution in [3.8, 4) is 0 Å². The summed E-state index contributed by atoms with van der Waals surface area (Å²) in [5, 5.41) is 9.53. The van der Waals surface area contributed by atoms with Crippen LogP contribution in [0, 0.1) is 0 Å². The summed E-state index contributed by atoms with van der Waals surface area (Å²) < 4.78 is 2.02. The van der Waals surface area contributed by atoms with Crippen molar-refractivity contribution in [2.45, 2.75) is 24.8 Å². The molecule has 0 radical (unpaired) electrons. The summed E-state index contributed by atoms with van der Waals surface area (Å²) >= 11 is 1.16. The highest BCUT2D eigenvalue weighted by Gasteiger charge is 2.25. The Hall–Kier alpha value is -3.06. The fourth-order valence-corrected chi connectivity index (χ4v) is 3.97. The smallest absolute Gasteiger partial charge is 0.313 e. The molecule has 3 N–H and O–H groups in total. The van der Waals surface area contributed by atoms with Gasteiger partial charge in [-0.2, -0.15) is 0 Å². The molecule has 1 aromatic heterocycles. The summed E-state index contributed by atoms with van der Waals surface area (Å²) in [6.07, 6.45) is 0.549. The Balaban J connectivity index is 2.19. The average molecular weight is 396 g/mol. The number of carbonyl (C=O) groups is 3. The second-order valence-corrected chi connectivity index (χ2v) is 7.35. The average Bonchev–Trinajstić information content (AvgIpc) is 2.99. The maximum atomic E-state index is 12.6. The molecule has 0 aliphatic rings. The molecule has 0 fully saturated rings. The normalized spacial score (nSPS) is 10.9. The molecule has 1 amide bonds. The van der Waals surface area contributed by atoms with Crippen molar-refractivity contribution in [2.75, 3.05) is 5.75 Å². The third-order valence-electron chi connectivity index (χ3n) is 4.47. The minimum atomic E-state index is -1.00. The van der Waals surface area contributed by atoms with Crippen LogP contribution in [0.4, 0.5) is 0 Å². The number of benzene rings is 2.